The SMILES string of the molecule is CNC(=O)Oc1ccc(-c2ccc([C@@]3(CC(=O)NO)CCCCS3(=O)=O)s2)cc1. The number of sulfone groups is 1. The van der Waals surface area contributed by atoms with Gasteiger partial charge in [0, 0.05) is 16.8 Å². The lowest BCUT2D eigenvalue weighted by molar-refractivity contribution is -0.130. The highest BCUT2D eigenvalue weighted by Crippen LogP contribution is 2.47. The van der Waals surface area contributed by atoms with E-state index in [-0.39, 0.29) is 12.2 Å². The number of rotatable bonds is 5. The molecule has 0 radical (unpaired) electrons. The molecule has 0 unspecified atom stereocenters. The maximum atomic E-state index is 13.0. The Morgan fingerprint density at radius 3 is 2.52 bits per heavy atom. The molecule has 2 heterocycles. The summed E-state index contributed by atoms with van der Waals surface area (Å²) < 4.78 is 29.7. The first-order chi connectivity index (χ1) is 13.8. The molecule has 1 saturated heterocycles. The van der Waals surface area contributed by atoms with Crippen LogP contribution in [0.5, 0.6) is 5.75 Å². The summed E-state index contributed by atoms with van der Waals surface area (Å²) in [6, 6.07) is 10.4. The largest absolute Gasteiger partial charge is 0.412 e. The van der Waals surface area contributed by atoms with E-state index in [1.165, 1.54) is 18.4 Å². The molecular weight excluding hydrogens is 416 g/mol. The van der Waals surface area contributed by atoms with Crippen LogP contribution in [-0.4, -0.2) is 38.4 Å². The van der Waals surface area contributed by atoms with E-state index in [0.717, 1.165) is 10.4 Å². The van der Waals surface area contributed by atoms with E-state index in [1.54, 1.807) is 35.8 Å². The minimum absolute atomic E-state index is 0.0183. The quantitative estimate of drug-likeness (QED) is 0.487. The van der Waals surface area contributed by atoms with Crippen LogP contribution in [0.4, 0.5) is 4.79 Å². The standard InChI is InChI=1S/C19H22N2O6S2/c1-20-18(23)27-14-6-4-13(5-7-14)15-8-9-16(28-15)19(12-17(22)21-24)10-2-3-11-29(19,25)26/h4-9,24H,2-3,10-12H2,1H3,(H,20,23)(H,21,22)/t19-/m0/s1. The molecule has 2 aromatic rings. The van der Waals surface area contributed by atoms with Gasteiger partial charge in [0.2, 0.25) is 5.91 Å². The number of amides is 2. The first-order valence-corrected chi connectivity index (χ1v) is 11.5. The Morgan fingerprint density at radius 1 is 1.17 bits per heavy atom. The first kappa shape index (κ1) is 21.3. The molecule has 8 nitrogen and oxygen atoms in total. The third-order valence-corrected chi connectivity index (χ3v) is 9.07. The fraction of sp³-hybridized carbons (Fsp3) is 0.368. The van der Waals surface area contributed by atoms with Gasteiger partial charge in [-0.05, 0) is 54.8 Å². The summed E-state index contributed by atoms with van der Waals surface area (Å²) in [6.45, 7) is 0. The minimum atomic E-state index is -3.56. The number of carbonyl (C=O) groups is 2. The van der Waals surface area contributed by atoms with Gasteiger partial charge in [-0.3, -0.25) is 10.0 Å². The molecule has 1 aromatic carbocycles. The number of nitrogens with one attached hydrogen (secondary N) is 2. The zero-order valence-corrected chi connectivity index (χ0v) is 17.4. The lowest BCUT2D eigenvalue weighted by Crippen LogP contribution is -2.43. The van der Waals surface area contributed by atoms with Crippen molar-refractivity contribution >= 4 is 33.2 Å². The van der Waals surface area contributed by atoms with Crippen molar-refractivity contribution in [1.29, 1.82) is 0 Å². The summed E-state index contributed by atoms with van der Waals surface area (Å²) in [6.07, 6.45) is 0.710. The Balaban J connectivity index is 1.93. The number of thiophene rings is 1. The summed E-state index contributed by atoms with van der Waals surface area (Å²) >= 11 is 1.31. The Hall–Kier alpha value is -2.43. The van der Waals surface area contributed by atoms with Gasteiger partial charge in [-0.15, -0.1) is 11.3 Å². The predicted octanol–water partition coefficient (Wildman–Crippen LogP) is 2.82. The fourth-order valence-electron chi connectivity index (χ4n) is 3.50. The molecule has 0 bridgehead atoms. The second kappa shape index (κ2) is 8.52. The van der Waals surface area contributed by atoms with Crippen molar-refractivity contribution in [3.8, 4) is 16.2 Å². The molecule has 2 amide bonds. The van der Waals surface area contributed by atoms with Crippen molar-refractivity contribution in [3.63, 3.8) is 0 Å². The highest BCUT2D eigenvalue weighted by molar-refractivity contribution is 7.92. The second-order valence-electron chi connectivity index (χ2n) is 6.81. The maximum Gasteiger partial charge on any atom is 0.412 e. The van der Waals surface area contributed by atoms with Crippen LogP contribution < -0.4 is 15.5 Å². The molecule has 10 heteroatoms. The number of hydrogen-bond donors (Lipinski definition) is 3. The van der Waals surface area contributed by atoms with E-state index in [4.69, 9.17) is 9.94 Å². The molecule has 1 atom stereocenters. The Kier molecular flexibility index (Phi) is 6.25. The van der Waals surface area contributed by atoms with E-state index < -0.39 is 26.6 Å². The zero-order valence-electron chi connectivity index (χ0n) is 15.8. The summed E-state index contributed by atoms with van der Waals surface area (Å²) in [7, 11) is -2.09. The number of hydrogen-bond acceptors (Lipinski definition) is 7. The van der Waals surface area contributed by atoms with Crippen molar-refractivity contribution in [2.45, 2.75) is 30.4 Å². The average Bonchev–Trinajstić information content (AvgIpc) is 3.20. The number of carbonyl (C=O) groups excluding carboxylic acids is 2. The molecule has 29 heavy (non-hydrogen) atoms. The molecule has 0 aliphatic carbocycles. The van der Waals surface area contributed by atoms with Crippen LogP contribution in [-0.2, 0) is 19.4 Å². The highest BCUT2D eigenvalue weighted by atomic mass is 32.2. The molecule has 1 aromatic heterocycles. The average molecular weight is 439 g/mol. The van der Waals surface area contributed by atoms with Crippen LogP contribution in [0.3, 0.4) is 0 Å². The molecule has 3 rings (SSSR count). The molecule has 3 N–H and O–H groups in total. The number of benzene rings is 1. The molecule has 0 saturated carbocycles. The Bertz CT molecular complexity index is 1000. The normalized spacial score (nSPS) is 20.6. The van der Waals surface area contributed by atoms with Gasteiger partial charge < -0.3 is 10.1 Å². The van der Waals surface area contributed by atoms with Gasteiger partial charge in [-0.1, -0.05) is 6.42 Å². The van der Waals surface area contributed by atoms with E-state index in [0.29, 0.717) is 29.9 Å². The molecule has 0 spiro atoms. The van der Waals surface area contributed by atoms with Gasteiger partial charge in [0.15, 0.2) is 9.84 Å². The molecule has 156 valence electrons. The van der Waals surface area contributed by atoms with Crippen molar-refractivity contribution < 1.29 is 28.0 Å². The van der Waals surface area contributed by atoms with Gasteiger partial charge in [0.05, 0.1) is 12.2 Å². The fourth-order valence-corrected chi connectivity index (χ4v) is 7.28. The highest BCUT2D eigenvalue weighted by Gasteiger charge is 2.49. The summed E-state index contributed by atoms with van der Waals surface area (Å²) in [5.74, 6) is -0.318. The molecular formula is C19H22N2O6S2. The monoisotopic (exact) mass is 438 g/mol. The number of ether oxygens (including phenoxy) is 1. The van der Waals surface area contributed by atoms with E-state index in [2.05, 4.69) is 5.32 Å². The second-order valence-corrected chi connectivity index (χ2v) is 10.3. The Labute approximate surface area is 172 Å². The number of hydroxylamine groups is 1. The first-order valence-electron chi connectivity index (χ1n) is 9.07. The summed E-state index contributed by atoms with van der Waals surface area (Å²) in [5.41, 5.74) is 2.40. The summed E-state index contributed by atoms with van der Waals surface area (Å²) in [5, 5.41) is 11.3. The van der Waals surface area contributed by atoms with Crippen molar-refractivity contribution in [2.75, 3.05) is 12.8 Å². The third kappa shape index (κ3) is 4.29. The topological polar surface area (TPSA) is 122 Å². The zero-order chi connectivity index (χ0) is 21.1. The van der Waals surface area contributed by atoms with Crippen LogP contribution >= 0.6 is 11.3 Å². The van der Waals surface area contributed by atoms with Crippen molar-refractivity contribution in [3.05, 3.63) is 41.3 Å². The van der Waals surface area contributed by atoms with Crippen molar-refractivity contribution in [2.24, 2.45) is 0 Å². The molecule has 1 fully saturated rings. The lowest BCUT2D eigenvalue weighted by Gasteiger charge is -2.35. The van der Waals surface area contributed by atoms with Gasteiger partial charge in [0.1, 0.15) is 10.5 Å². The Morgan fingerprint density at radius 2 is 1.90 bits per heavy atom. The molecule has 1 aliphatic heterocycles. The van der Waals surface area contributed by atoms with Crippen LogP contribution in [0.1, 0.15) is 30.6 Å². The lowest BCUT2D eigenvalue weighted by atomic mass is 9.94. The molecule has 1 aliphatic rings. The van der Waals surface area contributed by atoms with Crippen LogP contribution in [0.25, 0.3) is 10.4 Å². The van der Waals surface area contributed by atoms with E-state index in [1.807, 2.05) is 6.07 Å². The van der Waals surface area contributed by atoms with Crippen LogP contribution in [0.2, 0.25) is 0 Å². The van der Waals surface area contributed by atoms with Crippen LogP contribution in [0.15, 0.2) is 36.4 Å². The minimum Gasteiger partial charge on any atom is -0.410 e. The predicted molar refractivity (Wildman–Crippen MR) is 109 cm³/mol. The smallest absolute Gasteiger partial charge is 0.410 e. The van der Waals surface area contributed by atoms with Gasteiger partial charge in [0.25, 0.3) is 0 Å². The van der Waals surface area contributed by atoms with Crippen LogP contribution in [0, 0.1) is 0 Å². The maximum absolute atomic E-state index is 13.0. The van der Waals surface area contributed by atoms with Crippen molar-refractivity contribution in [1.82, 2.24) is 10.8 Å². The van der Waals surface area contributed by atoms with Gasteiger partial charge >= 0.3 is 6.09 Å². The van der Waals surface area contributed by atoms with E-state index in [9.17, 15) is 18.0 Å². The third-order valence-electron chi connectivity index (χ3n) is 5.02. The summed E-state index contributed by atoms with van der Waals surface area (Å²) in [4.78, 5) is 24.6. The van der Waals surface area contributed by atoms with E-state index >= 15 is 0 Å². The van der Waals surface area contributed by atoms with Gasteiger partial charge in [-0.2, -0.15) is 0 Å². The van der Waals surface area contributed by atoms with Gasteiger partial charge in [-0.25, -0.2) is 18.7 Å².